The fraction of sp³-hybridized carbons (Fsp3) is 0.357. The summed E-state index contributed by atoms with van der Waals surface area (Å²) in [5, 5.41) is 10.6. The van der Waals surface area contributed by atoms with E-state index < -0.39 is 45.2 Å². The first kappa shape index (κ1) is 27.8. The zero-order valence-electron chi connectivity index (χ0n) is 20.9. The van der Waals surface area contributed by atoms with Gasteiger partial charge in [0.1, 0.15) is 0 Å². The fourth-order valence-electron chi connectivity index (χ4n) is 6.86. The molecule has 6 rings (SSSR count). The van der Waals surface area contributed by atoms with Crippen molar-refractivity contribution in [2.24, 2.45) is 17.8 Å². The van der Waals surface area contributed by atoms with E-state index in [2.05, 4.69) is 31.9 Å². The van der Waals surface area contributed by atoms with Crippen LogP contribution >= 0.6 is 55.1 Å². The number of anilines is 1. The van der Waals surface area contributed by atoms with Crippen LogP contribution < -0.4 is 9.64 Å². The Kier molecular flexibility index (Phi) is 6.64. The third-order valence-electron chi connectivity index (χ3n) is 8.64. The van der Waals surface area contributed by atoms with Crippen molar-refractivity contribution >= 4 is 84.4 Å². The second-order valence-electron chi connectivity index (χ2n) is 10.4. The maximum absolute atomic E-state index is 14.0. The lowest BCUT2D eigenvalue weighted by atomic mass is 9.56. The number of nitrogens with zero attached hydrogens (tertiary/aromatic N) is 2. The summed E-state index contributed by atoms with van der Waals surface area (Å²) in [6.45, 7) is 0. The molecule has 0 aromatic heterocycles. The number of methoxy groups -OCH3 is 1. The number of alkyl halides is 3. The normalized spacial score (nSPS) is 33.1. The lowest BCUT2D eigenvalue weighted by Crippen LogP contribution is -2.60. The number of hydrogen-bond acceptors (Lipinski definition) is 6. The monoisotopic (exact) mass is 710 g/mol. The zero-order valence-corrected chi connectivity index (χ0v) is 25.6. The highest BCUT2D eigenvalue weighted by atomic mass is 79.9. The summed E-state index contributed by atoms with van der Waals surface area (Å²) in [5.41, 5.74) is 1.42. The molecule has 0 radical (unpaired) electrons. The van der Waals surface area contributed by atoms with Crippen LogP contribution in [0.5, 0.6) is 11.5 Å². The van der Waals surface area contributed by atoms with E-state index in [1.54, 1.807) is 36.4 Å². The summed E-state index contributed by atoms with van der Waals surface area (Å²) in [5.74, 6) is -5.09. The molecule has 2 heterocycles. The van der Waals surface area contributed by atoms with Crippen LogP contribution in [0.25, 0.3) is 0 Å². The van der Waals surface area contributed by atoms with Crippen molar-refractivity contribution in [3.8, 4) is 11.5 Å². The first-order valence-electron chi connectivity index (χ1n) is 12.5. The number of benzene rings is 2. The number of aromatic hydroxyl groups is 1. The van der Waals surface area contributed by atoms with Crippen LogP contribution in [0.4, 0.5) is 5.69 Å². The van der Waals surface area contributed by atoms with Crippen LogP contribution in [-0.4, -0.2) is 55.9 Å². The van der Waals surface area contributed by atoms with Crippen LogP contribution in [0.2, 0.25) is 0 Å². The second kappa shape index (κ2) is 9.58. The molecule has 2 saturated heterocycles. The van der Waals surface area contributed by atoms with E-state index in [4.69, 9.17) is 27.9 Å². The molecule has 2 aromatic rings. The van der Waals surface area contributed by atoms with Crippen LogP contribution in [0.15, 0.2) is 58.6 Å². The summed E-state index contributed by atoms with van der Waals surface area (Å²) < 4.78 is 6.00. The predicted molar refractivity (Wildman–Crippen MR) is 155 cm³/mol. The van der Waals surface area contributed by atoms with Gasteiger partial charge in [-0.05, 0) is 60.7 Å². The average Bonchev–Trinajstić information content (AvgIpc) is 3.27. The number of rotatable bonds is 4. The van der Waals surface area contributed by atoms with Gasteiger partial charge in [-0.2, -0.15) is 0 Å². The molecule has 0 spiro atoms. The van der Waals surface area contributed by atoms with Crippen molar-refractivity contribution in [2.45, 2.75) is 28.5 Å². The summed E-state index contributed by atoms with van der Waals surface area (Å²) in [6, 6.07) is 11.5. The van der Waals surface area contributed by atoms with E-state index in [-0.39, 0.29) is 41.6 Å². The summed E-state index contributed by atoms with van der Waals surface area (Å²) in [4.78, 5) is 53.4. The molecule has 4 aliphatic rings. The van der Waals surface area contributed by atoms with Crippen molar-refractivity contribution in [1.29, 1.82) is 0 Å². The van der Waals surface area contributed by atoms with E-state index in [0.29, 0.717) is 16.8 Å². The number of ether oxygens (including phenoxy) is 1. The largest absolute Gasteiger partial charge is 0.504 e. The van der Waals surface area contributed by atoms with Gasteiger partial charge in [0.05, 0.1) is 30.1 Å². The van der Waals surface area contributed by atoms with E-state index >= 15 is 0 Å². The number of likely N-dealkylation sites (tertiary alicyclic amines) is 1. The zero-order chi connectivity index (χ0) is 28.7. The first-order valence-corrected chi connectivity index (χ1v) is 15.2. The standard InChI is InChI=1S/C28H22Br2Cl2N2O6/c1-40-20-9-2-13(10-19(20)35)22-16-7-8-17-21(24(37)34(23(17)36)15-5-3-14(30)4-6-15)18(16)11-27(31)25(38)33(12-29)26(39)28(22,27)32/h2-7,9-10,17-18,21-22,35H,8,11-12H2,1H3/t17-,18+,21-,22-,27+,28-/m0/s1. The molecule has 3 fully saturated rings. The highest BCUT2D eigenvalue weighted by Crippen LogP contribution is 2.65. The Labute approximate surface area is 256 Å². The average molecular weight is 713 g/mol. The third-order valence-corrected chi connectivity index (χ3v) is 11.1. The molecule has 2 aliphatic heterocycles. The van der Waals surface area contributed by atoms with Crippen molar-refractivity contribution < 1.29 is 29.0 Å². The third kappa shape index (κ3) is 3.55. The number of amides is 4. The number of allylic oxidation sites excluding steroid dienone is 2. The molecule has 4 amide bonds. The first-order chi connectivity index (χ1) is 19.0. The number of halogens is 4. The highest BCUT2D eigenvalue weighted by Gasteiger charge is 2.76. The number of imide groups is 2. The molecule has 40 heavy (non-hydrogen) atoms. The minimum absolute atomic E-state index is 0.106. The Morgan fingerprint density at radius 3 is 2.35 bits per heavy atom. The lowest BCUT2D eigenvalue weighted by molar-refractivity contribution is -0.138. The van der Waals surface area contributed by atoms with Gasteiger partial charge in [-0.1, -0.05) is 49.6 Å². The van der Waals surface area contributed by atoms with E-state index in [9.17, 15) is 24.3 Å². The lowest BCUT2D eigenvalue weighted by Gasteiger charge is -2.50. The SMILES string of the molecule is COc1ccc([C@H]2C3=CC[C@@H]4C(=O)N(c5ccc(Br)cc5)C(=O)[C@@H]4[C@@H]3C[C@@]3(Cl)C(=O)N(CBr)C(=O)[C@@]23Cl)cc1O. The maximum atomic E-state index is 14.0. The topological polar surface area (TPSA) is 104 Å². The molecule has 2 aliphatic carbocycles. The Morgan fingerprint density at radius 2 is 1.73 bits per heavy atom. The number of hydrogen-bond donors (Lipinski definition) is 1. The molecular weight excluding hydrogens is 691 g/mol. The van der Waals surface area contributed by atoms with Gasteiger partial charge in [-0.3, -0.25) is 29.0 Å². The molecular formula is C28H22Br2Cl2N2O6. The van der Waals surface area contributed by atoms with E-state index in [1.165, 1.54) is 18.1 Å². The molecule has 12 heteroatoms. The van der Waals surface area contributed by atoms with Gasteiger partial charge in [0, 0.05) is 10.4 Å². The van der Waals surface area contributed by atoms with Crippen LogP contribution in [0.1, 0.15) is 24.3 Å². The Hall–Kier alpha value is -2.40. The number of carbonyl (C=O) groups excluding carboxylic acids is 4. The van der Waals surface area contributed by atoms with Crippen molar-refractivity contribution in [2.75, 3.05) is 17.5 Å². The maximum Gasteiger partial charge on any atom is 0.254 e. The molecule has 6 atom stereocenters. The van der Waals surface area contributed by atoms with Gasteiger partial charge in [0.25, 0.3) is 11.8 Å². The van der Waals surface area contributed by atoms with Crippen LogP contribution in [0, 0.1) is 17.8 Å². The molecule has 1 N–H and O–H groups in total. The Balaban J connectivity index is 1.52. The Morgan fingerprint density at radius 1 is 1.02 bits per heavy atom. The van der Waals surface area contributed by atoms with Crippen molar-refractivity contribution in [1.82, 2.24) is 4.90 Å². The van der Waals surface area contributed by atoms with Gasteiger partial charge in [-0.25, -0.2) is 0 Å². The molecule has 2 aromatic carbocycles. The van der Waals surface area contributed by atoms with Crippen LogP contribution in [-0.2, 0) is 19.2 Å². The minimum atomic E-state index is -1.94. The van der Waals surface area contributed by atoms with Gasteiger partial charge in [-0.15, -0.1) is 23.2 Å². The highest BCUT2D eigenvalue weighted by molar-refractivity contribution is 9.10. The van der Waals surface area contributed by atoms with Crippen molar-refractivity contribution in [3.63, 3.8) is 0 Å². The van der Waals surface area contributed by atoms with Gasteiger partial charge in [0.15, 0.2) is 21.2 Å². The number of fused-ring (bicyclic) bond motifs is 4. The van der Waals surface area contributed by atoms with Gasteiger partial charge in [0.2, 0.25) is 11.8 Å². The summed E-state index contributed by atoms with van der Waals surface area (Å²) >= 11 is 21.0. The number of phenols is 1. The molecule has 8 nitrogen and oxygen atoms in total. The number of phenolic OH excluding ortho intramolecular Hbond substituents is 1. The second-order valence-corrected chi connectivity index (χ2v) is 13.1. The summed E-state index contributed by atoms with van der Waals surface area (Å²) in [6.07, 6.45) is 1.99. The van der Waals surface area contributed by atoms with Gasteiger partial charge < -0.3 is 9.84 Å². The van der Waals surface area contributed by atoms with E-state index in [0.717, 1.165) is 9.37 Å². The molecule has 0 bridgehead atoms. The van der Waals surface area contributed by atoms with Gasteiger partial charge >= 0.3 is 0 Å². The fourth-order valence-corrected chi connectivity index (χ4v) is 8.55. The smallest absolute Gasteiger partial charge is 0.254 e. The Bertz CT molecular complexity index is 1520. The molecule has 0 unspecified atom stereocenters. The van der Waals surface area contributed by atoms with Crippen molar-refractivity contribution in [3.05, 3.63) is 64.1 Å². The molecule has 1 saturated carbocycles. The van der Waals surface area contributed by atoms with Crippen LogP contribution in [0.3, 0.4) is 0 Å². The minimum Gasteiger partial charge on any atom is -0.504 e. The quantitative estimate of drug-likeness (QED) is 0.205. The molecule has 208 valence electrons. The summed E-state index contributed by atoms with van der Waals surface area (Å²) in [7, 11) is 1.41. The predicted octanol–water partition coefficient (Wildman–Crippen LogP) is 5.08. The number of carbonyl (C=O) groups is 4. The van der Waals surface area contributed by atoms with E-state index in [1.807, 2.05) is 6.08 Å².